The van der Waals surface area contributed by atoms with Crippen LogP contribution in [-0.4, -0.2) is 66.2 Å². The van der Waals surface area contributed by atoms with Crippen molar-refractivity contribution in [3.63, 3.8) is 0 Å². The lowest BCUT2D eigenvalue weighted by molar-refractivity contribution is 0.312. The van der Waals surface area contributed by atoms with E-state index in [1.807, 2.05) is 12.3 Å². The molecule has 3 aromatic heterocycles. The second-order valence-corrected chi connectivity index (χ2v) is 10.1. The number of fused-ring (bicyclic) bond motifs is 2. The topological polar surface area (TPSA) is 61.5 Å². The average Bonchev–Trinajstić information content (AvgIpc) is 3.61. The number of hydrogen-bond donors (Lipinski definition) is 0. The average molecular weight is 479 g/mol. The lowest BCUT2D eigenvalue weighted by Gasteiger charge is -2.33. The zero-order valence-electron chi connectivity index (χ0n) is 20.6. The van der Waals surface area contributed by atoms with Gasteiger partial charge in [0.1, 0.15) is 23.7 Å². The minimum Gasteiger partial charge on any atom is -0.437 e. The van der Waals surface area contributed by atoms with Gasteiger partial charge >= 0.3 is 0 Å². The van der Waals surface area contributed by atoms with Crippen molar-refractivity contribution in [3.05, 3.63) is 66.6 Å². The monoisotopic (exact) mass is 478 g/mol. The number of likely N-dealkylation sites (N-methyl/N-ethyl adjacent to an activating group) is 1. The Morgan fingerprint density at radius 1 is 0.833 bits per heavy atom. The molecule has 2 fully saturated rings. The molecular formula is C29H30N6O. The van der Waals surface area contributed by atoms with Crippen molar-refractivity contribution in [2.45, 2.75) is 12.8 Å². The SMILES string of the molecule is CN1CCN(c2ncnc3oc(-c4ccc(N5CCC6=CC6CC5)nc4)c(-c4ccccc4)c23)CC1. The third-order valence-corrected chi connectivity index (χ3v) is 7.83. The molecule has 36 heavy (non-hydrogen) atoms. The third kappa shape index (κ3) is 3.84. The molecule has 1 atom stereocenters. The number of allylic oxidation sites excluding steroid dienone is 1. The lowest BCUT2D eigenvalue weighted by Crippen LogP contribution is -2.44. The molecule has 1 aliphatic carbocycles. The fraction of sp³-hybridized carbons (Fsp3) is 0.345. The highest BCUT2D eigenvalue weighted by Gasteiger charge is 2.29. The molecule has 0 saturated carbocycles. The van der Waals surface area contributed by atoms with Crippen LogP contribution in [0.3, 0.4) is 0 Å². The molecule has 0 spiro atoms. The molecule has 0 bridgehead atoms. The largest absolute Gasteiger partial charge is 0.437 e. The summed E-state index contributed by atoms with van der Waals surface area (Å²) in [6.45, 7) is 5.98. The van der Waals surface area contributed by atoms with Gasteiger partial charge in [0.15, 0.2) is 0 Å². The first-order valence-corrected chi connectivity index (χ1v) is 12.9. The molecule has 7 rings (SSSR count). The first-order valence-electron chi connectivity index (χ1n) is 12.9. The summed E-state index contributed by atoms with van der Waals surface area (Å²) in [5.41, 5.74) is 5.34. The fourth-order valence-corrected chi connectivity index (χ4v) is 5.61. The number of rotatable bonds is 4. The van der Waals surface area contributed by atoms with Gasteiger partial charge in [-0.05, 0) is 43.5 Å². The van der Waals surface area contributed by atoms with Gasteiger partial charge < -0.3 is 19.1 Å². The van der Waals surface area contributed by atoms with E-state index in [4.69, 9.17) is 14.4 Å². The number of furan rings is 1. The van der Waals surface area contributed by atoms with Crippen LogP contribution in [0.1, 0.15) is 12.8 Å². The predicted molar refractivity (Wildman–Crippen MR) is 143 cm³/mol. The van der Waals surface area contributed by atoms with Gasteiger partial charge in [-0.15, -0.1) is 0 Å². The van der Waals surface area contributed by atoms with Crippen molar-refractivity contribution in [2.75, 3.05) is 56.1 Å². The normalized spacial score (nSPS) is 20.2. The van der Waals surface area contributed by atoms with Crippen molar-refractivity contribution in [1.82, 2.24) is 19.9 Å². The molecule has 2 saturated heterocycles. The van der Waals surface area contributed by atoms with E-state index in [0.717, 1.165) is 91.1 Å². The molecular weight excluding hydrogens is 448 g/mol. The van der Waals surface area contributed by atoms with Gasteiger partial charge in [0, 0.05) is 56.6 Å². The molecule has 5 heterocycles. The summed E-state index contributed by atoms with van der Waals surface area (Å²) < 4.78 is 6.47. The second-order valence-electron chi connectivity index (χ2n) is 10.1. The number of piperazine rings is 1. The molecule has 0 N–H and O–H groups in total. The minimum absolute atomic E-state index is 0.622. The fourth-order valence-electron chi connectivity index (χ4n) is 5.61. The van der Waals surface area contributed by atoms with Crippen molar-refractivity contribution < 1.29 is 4.42 Å². The van der Waals surface area contributed by atoms with Gasteiger partial charge in [0.05, 0.1) is 5.39 Å². The quantitative estimate of drug-likeness (QED) is 0.388. The highest BCUT2D eigenvalue weighted by atomic mass is 16.3. The Labute approximate surface area is 211 Å². The summed E-state index contributed by atoms with van der Waals surface area (Å²) in [6, 6.07) is 14.7. The van der Waals surface area contributed by atoms with E-state index in [-0.39, 0.29) is 0 Å². The van der Waals surface area contributed by atoms with Gasteiger partial charge in [-0.3, -0.25) is 0 Å². The Kier molecular flexibility index (Phi) is 5.24. The molecule has 3 aliphatic rings. The van der Waals surface area contributed by atoms with E-state index in [9.17, 15) is 0 Å². The second kappa shape index (κ2) is 8.75. The van der Waals surface area contributed by atoms with E-state index in [1.54, 1.807) is 11.9 Å². The maximum atomic E-state index is 6.47. The maximum absolute atomic E-state index is 6.47. The Morgan fingerprint density at radius 2 is 1.69 bits per heavy atom. The van der Waals surface area contributed by atoms with Gasteiger partial charge in [0.2, 0.25) is 5.71 Å². The molecule has 0 radical (unpaired) electrons. The molecule has 182 valence electrons. The minimum atomic E-state index is 0.622. The van der Waals surface area contributed by atoms with Crippen LogP contribution < -0.4 is 9.80 Å². The van der Waals surface area contributed by atoms with E-state index >= 15 is 0 Å². The van der Waals surface area contributed by atoms with E-state index in [1.165, 1.54) is 6.42 Å². The highest BCUT2D eigenvalue weighted by molar-refractivity contribution is 6.06. The van der Waals surface area contributed by atoms with E-state index < -0.39 is 0 Å². The molecule has 4 aromatic rings. The van der Waals surface area contributed by atoms with Gasteiger partial charge in [0.25, 0.3) is 0 Å². The molecule has 1 unspecified atom stereocenters. The van der Waals surface area contributed by atoms with Gasteiger partial charge in [-0.1, -0.05) is 42.0 Å². The first-order chi connectivity index (χ1) is 17.7. The van der Waals surface area contributed by atoms with Crippen LogP contribution in [0.2, 0.25) is 0 Å². The van der Waals surface area contributed by atoms with Crippen molar-refractivity contribution in [2.24, 2.45) is 5.92 Å². The number of anilines is 2. The smallest absolute Gasteiger partial charge is 0.232 e. The van der Waals surface area contributed by atoms with Crippen LogP contribution in [0, 0.1) is 5.92 Å². The Bertz CT molecular complexity index is 1420. The number of pyridine rings is 1. The van der Waals surface area contributed by atoms with E-state index in [2.05, 4.69) is 69.2 Å². The number of hydrogen-bond acceptors (Lipinski definition) is 7. The van der Waals surface area contributed by atoms with Crippen LogP contribution in [0.25, 0.3) is 33.6 Å². The van der Waals surface area contributed by atoms with Gasteiger partial charge in [-0.2, -0.15) is 0 Å². The van der Waals surface area contributed by atoms with Crippen LogP contribution >= 0.6 is 0 Å². The molecule has 1 aromatic carbocycles. The number of aromatic nitrogens is 3. The van der Waals surface area contributed by atoms with Crippen LogP contribution in [0.5, 0.6) is 0 Å². The molecule has 0 amide bonds. The summed E-state index contributed by atoms with van der Waals surface area (Å²) in [7, 11) is 2.17. The van der Waals surface area contributed by atoms with Crippen LogP contribution in [0.15, 0.2) is 71.1 Å². The molecule has 7 heteroatoms. The summed E-state index contributed by atoms with van der Waals surface area (Å²) in [5, 5.41) is 0.979. The zero-order valence-corrected chi connectivity index (χ0v) is 20.6. The third-order valence-electron chi connectivity index (χ3n) is 7.83. The van der Waals surface area contributed by atoms with Crippen molar-refractivity contribution in [3.8, 4) is 22.5 Å². The Morgan fingerprint density at radius 3 is 2.50 bits per heavy atom. The summed E-state index contributed by atoms with van der Waals surface area (Å²) in [4.78, 5) is 21.3. The summed E-state index contributed by atoms with van der Waals surface area (Å²) in [6.07, 6.45) is 8.35. The van der Waals surface area contributed by atoms with Crippen LogP contribution in [0.4, 0.5) is 11.6 Å². The van der Waals surface area contributed by atoms with Crippen molar-refractivity contribution in [1.29, 1.82) is 0 Å². The van der Waals surface area contributed by atoms with E-state index in [0.29, 0.717) is 5.71 Å². The van der Waals surface area contributed by atoms with Crippen molar-refractivity contribution >= 4 is 22.7 Å². The predicted octanol–water partition coefficient (Wildman–Crippen LogP) is 4.86. The number of benzene rings is 1. The maximum Gasteiger partial charge on any atom is 0.232 e. The summed E-state index contributed by atoms with van der Waals surface area (Å²) >= 11 is 0. The van der Waals surface area contributed by atoms with Gasteiger partial charge in [-0.25, -0.2) is 15.0 Å². The highest BCUT2D eigenvalue weighted by Crippen LogP contribution is 2.44. The number of nitrogens with zero attached hydrogens (tertiary/aromatic N) is 6. The first kappa shape index (κ1) is 21.6. The van der Waals surface area contributed by atoms with Crippen LogP contribution in [-0.2, 0) is 0 Å². The molecule has 7 nitrogen and oxygen atoms in total. The Balaban J connectivity index is 1.31. The Hall–Kier alpha value is -3.71. The standard InChI is InChI=1S/C29H30N6O/c1-33-13-15-35(16-14-33)28-26-25(20-5-3-2-4-6-20)27(36-29(26)32-19-31-28)23-7-8-24(30-18-23)34-11-9-21-17-22(21)10-12-34/h2-8,17-19,21H,9-16H2,1H3. The lowest BCUT2D eigenvalue weighted by atomic mass is 10.00. The molecule has 2 aliphatic heterocycles. The summed E-state index contributed by atoms with van der Waals surface area (Å²) in [5.74, 6) is 3.53. The zero-order chi connectivity index (χ0) is 24.1.